The molecule has 0 bridgehead atoms. The number of carbonyl (C=O) groups is 1. The van der Waals surface area contributed by atoms with Gasteiger partial charge in [0.05, 0.1) is 7.11 Å². The summed E-state index contributed by atoms with van der Waals surface area (Å²) in [6.45, 7) is 2.43. The summed E-state index contributed by atoms with van der Waals surface area (Å²) in [5.41, 5.74) is 1.06. The molecule has 0 radical (unpaired) electrons. The summed E-state index contributed by atoms with van der Waals surface area (Å²) in [5.74, 6) is 0.822. The Kier molecular flexibility index (Phi) is 5.68. The van der Waals surface area contributed by atoms with E-state index in [0.29, 0.717) is 6.54 Å². The van der Waals surface area contributed by atoms with Crippen molar-refractivity contribution in [2.75, 3.05) is 20.2 Å². The monoisotopic (exact) mass is 277 g/mol. The van der Waals surface area contributed by atoms with Crippen molar-refractivity contribution < 1.29 is 9.53 Å². The number of rotatable bonds is 4. The van der Waals surface area contributed by atoms with E-state index in [1.165, 1.54) is 6.42 Å². The van der Waals surface area contributed by atoms with Gasteiger partial charge in [-0.2, -0.15) is 0 Å². The molecule has 1 aliphatic heterocycles. The number of methoxy groups -OCH3 is 1. The van der Waals surface area contributed by atoms with E-state index in [2.05, 4.69) is 16.0 Å². The van der Waals surface area contributed by atoms with E-state index in [9.17, 15) is 4.79 Å². The molecule has 5 heteroatoms. The molecule has 0 aliphatic carbocycles. The van der Waals surface area contributed by atoms with E-state index >= 15 is 0 Å². The van der Waals surface area contributed by atoms with Gasteiger partial charge in [0.25, 0.3) is 0 Å². The minimum absolute atomic E-state index is 0.102. The molecule has 2 amide bonds. The number of carbonyl (C=O) groups excluding carboxylic acids is 1. The number of amides is 2. The Labute approximate surface area is 120 Å². The van der Waals surface area contributed by atoms with Gasteiger partial charge in [-0.25, -0.2) is 4.79 Å². The fraction of sp³-hybridized carbons (Fsp3) is 0.533. The Morgan fingerprint density at radius 1 is 1.35 bits per heavy atom. The van der Waals surface area contributed by atoms with E-state index in [4.69, 9.17) is 4.74 Å². The first kappa shape index (κ1) is 14.7. The molecule has 1 atom stereocenters. The maximum Gasteiger partial charge on any atom is 0.315 e. The lowest BCUT2D eigenvalue weighted by atomic mass is 10.1. The molecule has 1 unspecified atom stereocenters. The second kappa shape index (κ2) is 7.75. The molecule has 0 aromatic heterocycles. The lowest BCUT2D eigenvalue weighted by Crippen LogP contribution is -2.45. The van der Waals surface area contributed by atoms with Crippen molar-refractivity contribution in [3.63, 3.8) is 0 Å². The van der Waals surface area contributed by atoms with Gasteiger partial charge in [0.1, 0.15) is 5.75 Å². The Morgan fingerprint density at radius 2 is 2.15 bits per heavy atom. The summed E-state index contributed by atoms with van der Waals surface area (Å²) in [4.78, 5) is 11.8. The van der Waals surface area contributed by atoms with Crippen molar-refractivity contribution >= 4 is 6.03 Å². The van der Waals surface area contributed by atoms with Crippen LogP contribution in [0, 0.1) is 0 Å². The Bertz CT molecular complexity index is 412. The van der Waals surface area contributed by atoms with Crippen LogP contribution < -0.4 is 20.7 Å². The molecular formula is C15H23N3O2. The topological polar surface area (TPSA) is 62.4 Å². The minimum atomic E-state index is -0.102. The normalized spacial score (nSPS) is 18.9. The lowest BCUT2D eigenvalue weighted by Gasteiger charge is -2.17. The Balaban J connectivity index is 1.73. The fourth-order valence-corrected chi connectivity index (χ4v) is 2.30. The van der Waals surface area contributed by atoms with E-state index < -0.39 is 0 Å². The van der Waals surface area contributed by atoms with Gasteiger partial charge in [-0.15, -0.1) is 0 Å². The first-order valence-corrected chi connectivity index (χ1v) is 7.16. The third kappa shape index (κ3) is 4.74. The summed E-state index contributed by atoms with van der Waals surface area (Å²) < 4.78 is 5.10. The van der Waals surface area contributed by atoms with Crippen LogP contribution in [0.1, 0.15) is 24.8 Å². The quantitative estimate of drug-likeness (QED) is 0.784. The zero-order chi connectivity index (χ0) is 14.2. The molecule has 1 aliphatic rings. The molecule has 110 valence electrons. The van der Waals surface area contributed by atoms with Crippen molar-refractivity contribution in [1.29, 1.82) is 0 Å². The standard InChI is InChI=1S/C15H23N3O2/c1-20-14-7-5-12(6-8-14)10-17-15(19)18-13-4-2-3-9-16-11-13/h5-8,13,16H,2-4,9-11H2,1H3,(H2,17,18,19). The smallest absolute Gasteiger partial charge is 0.315 e. The Hall–Kier alpha value is -1.75. The lowest BCUT2D eigenvalue weighted by molar-refractivity contribution is 0.236. The summed E-state index contributed by atoms with van der Waals surface area (Å²) in [7, 11) is 1.64. The first-order valence-electron chi connectivity index (χ1n) is 7.16. The van der Waals surface area contributed by atoms with Gasteiger partial charge in [0.2, 0.25) is 0 Å². The molecule has 1 aromatic rings. The van der Waals surface area contributed by atoms with E-state index in [1.54, 1.807) is 7.11 Å². The molecule has 20 heavy (non-hydrogen) atoms. The highest BCUT2D eigenvalue weighted by Crippen LogP contribution is 2.11. The summed E-state index contributed by atoms with van der Waals surface area (Å²) >= 11 is 0. The predicted molar refractivity (Wildman–Crippen MR) is 78.9 cm³/mol. The van der Waals surface area contributed by atoms with Crippen molar-refractivity contribution in [1.82, 2.24) is 16.0 Å². The molecule has 0 spiro atoms. The van der Waals surface area contributed by atoms with Crippen LogP contribution >= 0.6 is 0 Å². The SMILES string of the molecule is COc1ccc(CNC(=O)NC2CCCCNC2)cc1. The third-order valence-electron chi connectivity index (χ3n) is 3.49. The second-order valence-electron chi connectivity index (χ2n) is 5.07. The van der Waals surface area contributed by atoms with Gasteiger partial charge >= 0.3 is 6.03 Å². The summed E-state index contributed by atoms with van der Waals surface area (Å²) in [6, 6.07) is 7.82. The molecule has 1 fully saturated rings. The van der Waals surface area contributed by atoms with E-state index in [0.717, 1.165) is 37.2 Å². The van der Waals surface area contributed by atoms with Gasteiger partial charge in [-0.1, -0.05) is 18.6 Å². The van der Waals surface area contributed by atoms with Crippen LogP contribution in [0.3, 0.4) is 0 Å². The van der Waals surface area contributed by atoms with Gasteiger partial charge in [-0.05, 0) is 37.1 Å². The third-order valence-corrected chi connectivity index (χ3v) is 3.49. The number of nitrogens with one attached hydrogen (secondary N) is 3. The number of hydrogen-bond donors (Lipinski definition) is 3. The summed E-state index contributed by atoms with van der Waals surface area (Å²) in [6.07, 6.45) is 3.39. The average Bonchev–Trinajstić information content (AvgIpc) is 2.74. The van der Waals surface area contributed by atoms with Crippen LogP contribution in [0.25, 0.3) is 0 Å². The van der Waals surface area contributed by atoms with Crippen LogP contribution in [-0.4, -0.2) is 32.3 Å². The van der Waals surface area contributed by atoms with Gasteiger partial charge in [-0.3, -0.25) is 0 Å². The largest absolute Gasteiger partial charge is 0.497 e. The minimum Gasteiger partial charge on any atom is -0.497 e. The summed E-state index contributed by atoms with van der Waals surface area (Å²) in [5, 5.41) is 9.23. The van der Waals surface area contributed by atoms with Crippen molar-refractivity contribution in [2.45, 2.75) is 31.8 Å². The van der Waals surface area contributed by atoms with E-state index in [-0.39, 0.29) is 12.1 Å². The van der Waals surface area contributed by atoms with Crippen molar-refractivity contribution in [3.8, 4) is 5.75 Å². The van der Waals surface area contributed by atoms with Gasteiger partial charge in [0, 0.05) is 19.1 Å². The molecular weight excluding hydrogens is 254 g/mol. The number of urea groups is 1. The molecule has 3 N–H and O–H groups in total. The van der Waals surface area contributed by atoms with E-state index in [1.807, 2.05) is 24.3 Å². The predicted octanol–water partition coefficient (Wildman–Crippen LogP) is 1.64. The average molecular weight is 277 g/mol. The maximum atomic E-state index is 11.8. The second-order valence-corrected chi connectivity index (χ2v) is 5.07. The zero-order valence-corrected chi connectivity index (χ0v) is 11.9. The molecule has 1 heterocycles. The molecule has 1 aromatic carbocycles. The van der Waals surface area contributed by atoms with Crippen molar-refractivity contribution in [2.24, 2.45) is 0 Å². The number of hydrogen-bond acceptors (Lipinski definition) is 3. The molecule has 5 nitrogen and oxygen atoms in total. The van der Waals surface area contributed by atoms with Crippen molar-refractivity contribution in [3.05, 3.63) is 29.8 Å². The molecule has 0 saturated carbocycles. The highest BCUT2D eigenvalue weighted by Gasteiger charge is 2.13. The van der Waals surface area contributed by atoms with Crippen LogP contribution in [0.5, 0.6) is 5.75 Å². The zero-order valence-electron chi connectivity index (χ0n) is 11.9. The van der Waals surface area contributed by atoms with Crippen LogP contribution in [0.4, 0.5) is 4.79 Å². The van der Waals surface area contributed by atoms with Crippen LogP contribution in [-0.2, 0) is 6.54 Å². The highest BCUT2D eigenvalue weighted by atomic mass is 16.5. The van der Waals surface area contributed by atoms with Gasteiger partial charge < -0.3 is 20.7 Å². The maximum absolute atomic E-state index is 11.8. The number of ether oxygens (including phenoxy) is 1. The fourth-order valence-electron chi connectivity index (χ4n) is 2.30. The molecule has 1 saturated heterocycles. The number of benzene rings is 1. The molecule has 2 rings (SSSR count). The Morgan fingerprint density at radius 3 is 2.90 bits per heavy atom. The van der Waals surface area contributed by atoms with Gasteiger partial charge in [0.15, 0.2) is 0 Å². The van der Waals surface area contributed by atoms with Crippen LogP contribution in [0.2, 0.25) is 0 Å². The first-order chi connectivity index (χ1) is 9.78. The highest BCUT2D eigenvalue weighted by molar-refractivity contribution is 5.74. The van der Waals surface area contributed by atoms with Crippen LogP contribution in [0.15, 0.2) is 24.3 Å².